The van der Waals surface area contributed by atoms with Crippen LogP contribution in [0.2, 0.25) is 0 Å². The van der Waals surface area contributed by atoms with Crippen molar-refractivity contribution in [2.45, 2.75) is 6.54 Å². The van der Waals surface area contributed by atoms with Crippen molar-refractivity contribution in [3.05, 3.63) is 57.1 Å². The van der Waals surface area contributed by atoms with Gasteiger partial charge in [-0.25, -0.2) is 4.98 Å². The van der Waals surface area contributed by atoms with Crippen LogP contribution in [0, 0.1) is 0 Å². The molecule has 20 heavy (non-hydrogen) atoms. The SMILES string of the molecule is O=C(CNc1ncc(Br)cc1Br)NCc1ccccc1. The van der Waals surface area contributed by atoms with Gasteiger partial charge in [0.25, 0.3) is 0 Å². The number of nitrogens with zero attached hydrogens (tertiary/aromatic N) is 1. The normalized spacial score (nSPS) is 10.1. The van der Waals surface area contributed by atoms with Crippen LogP contribution >= 0.6 is 31.9 Å². The molecule has 0 spiro atoms. The summed E-state index contributed by atoms with van der Waals surface area (Å²) < 4.78 is 1.69. The lowest BCUT2D eigenvalue weighted by Gasteiger charge is -2.08. The molecule has 0 bridgehead atoms. The van der Waals surface area contributed by atoms with E-state index >= 15 is 0 Å². The fourth-order valence-electron chi connectivity index (χ4n) is 1.57. The van der Waals surface area contributed by atoms with Gasteiger partial charge in [-0.3, -0.25) is 4.79 Å². The van der Waals surface area contributed by atoms with E-state index in [1.165, 1.54) is 0 Å². The monoisotopic (exact) mass is 397 g/mol. The van der Waals surface area contributed by atoms with Crippen LogP contribution in [0.1, 0.15) is 5.56 Å². The van der Waals surface area contributed by atoms with E-state index in [0.29, 0.717) is 12.4 Å². The zero-order valence-electron chi connectivity index (χ0n) is 10.6. The number of benzene rings is 1. The molecule has 0 saturated heterocycles. The quantitative estimate of drug-likeness (QED) is 0.812. The van der Waals surface area contributed by atoms with Crippen molar-refractivity contribution in [1.82, 2.24) is 10.3 Å². The highest BCUT2D eigenvalue weighted by Gasteiger charge is 2.05. The first-order valence-corrected chi connectivity index (χ1v) is 7.59. The predicted molar refractivity (Wildman–Crippen MR) is 86.4 cm³/mol. The largest absolute Gasteiger partial charge is 0.360 e. The number of rotatable bonds is 5. The van der Waals surface area contributed by atoms with Gasteiger partial charge in [0.2, 0.25) is 5.91 Å². The molecule has 2 aromatic rings. The molecule has 2 N–H and O–H groups in total. The topological polar surface area (TPSA) is 54.0 Å². The highest BCUT2D eigenvalue weighted by molar-refractivity contribution is 9.11. The van der Waals surface area contributed by atoms with Crippen molar-refractivity contribution < 1.29 is 4.79 Å². The van der Waals surface area contributed by atoms with Crippen molar-refractivity contribution in [2.24, 2.45) is 0 Å². The Morgan fingerprint density at radius 2 is 1.95 bits per heavy atom. The number of hydrogen-bond acceptors (Lipinski definition) is 3. The molecule has 104 valence electrons. The Morgan fingerprint density at radius 1 is 1.20 bits per heavy atom. The van der Waals surface area contributed by atoms with Gasteiger partial charge in [0.15, 0.2) is 0 Å². The van der Waals surface area contributed by atoms with E-state index in [2.05, 4.69) is 47.5 Å². The maximum absolute atomic E-state index is 11.7. The number of amides is 1. The van der Waals surface area contributed by atoms with Gasteiger partial charge in [0.1, 0.15) is 5.82 Å². The van der Waals surface area contributed by atoms with E-state index in [1.54, 1.807) is 6.20 Å². The van der Waals surface area contributed by atoms with Crippen molar-refractivity contribution in [1.29, 1.82) is 0 Å². The Hall–Kier alpha value is -1.40. The summed E-state index contributed by atoms with van der Waals surface area (Å²) in [5.74, 6) is 0.563. The molecule has 0 aliphatic heterocycles. The van der Waals surface area contributed by atoms with E-state index in [0.717, 1.165) is 14.5 Å². The minimum atomic E-state index is -0.0783. The fourth-order valence-corrected chi connectivity index (χ4v) is 2.70. The smallest absolute Gasteiger partial charge is 0.239 e. The van der Waals surface area contributed by atoms with Gasteiger partial charge >= 0.3 is 0 Å². The Morgan fingerprint density at radius 3 is 2.65 bits per heavy atom. The minimum Gasteiger partial charge on any atom is -0.360 e. The summed E-state index contributed by atoms with van der Waals surface area (Å²) >= 11 is 6.71. The van der Waals surface area contributed by atoms with Gasteiger partial charge in [-0.1, -0.05) is 30.3 Å². The van der Waals surface area contributed by atoms with Crippen LogP contribution < -0.4 is 10.6 Å². The Kier molecular flexibility index (Phi) is 5.55. The van der Waals surface area contributed by atoms with E-state index < -0.39 is 0 Å². The number of pyridine rings is 1. The van der Waals surface area contributed by atoms with Crippen LogP contribution in [0.5, 0.6) is 0 Å². The van der Waals surface area contributed by atoms with Crippen LogP contribution in [0.4, 0.5) is 5.82 Å². The molecule has 0 atom stereocenters. The molecule has 1 aromatic carbocycles. The number of hydrogen-bond donors (Lipinski definition) is 2. The number of carbonyl (C=O) groups is 1. The van der Waals surface area contributed by atoms with E-state index in [9.17, 15) is 4.79 Å². The van der Waals surface area contributed by atoms with Crippen LogP contribution in [0.3, 0.4) is 0 Å². The fraction of sp³-hybridized carbons (Fsp3) is 0.143. The maximum Gasteiger partial charge on any atom is 0.239 e. The lowest BCUT2D eigenvalue weighted by atomic mass is 10.2. The van der Waals surface area contributed by atoms with Crippen LogP contribution in [-0.2, 0) is 11.3 Å². The minimum absolute atomic E-state index is 0.0783. The molecule has 0 fully saturated rings. The molecule has 0 aliphatic rings. The molecular formula is C14H13Br2N3O. The second-order valence-electron chi connectivity index (χ2n) is 4.10. The molecule has 0 unspecified atom stereocenters. The number of halogens is 2. The first-order chi connectivity index (χ1) is 9.65. The summed E-state index contributed by atoms with van der Waals surface area (Å²) in [5.41, 5.74) is 1.07. The predicted octanol–water partition coefficient (Wildman–Crippen LogP) is 3.33. The molecule has 1 heterocycles. The highest BCUT2D eigenvalue weighted by Crippen LogP contribution is 2.23. The van der Waals surface area contributed by atoms with Gasteiger partial charge in [0.05, 0.1) is 11.0 Å². The number of nitrogens with one attached hydrogen (secondary N) is 2. The van der Waals surface area contributed by atoms with Crippen molar-refractivity contribution >= 4 is 43.6 Å². The number of anilines is 1. The molecule has 2 rings (SSSR count). The summed E-state index contributed by atoms with van der Waals surface area (Å²) in [5, 5.41) is 5.83. The molecule has 4 nitrogen and oxygen atoms in total. The second kappa shape index (κ2) is 7.40. The standard InChI is InChI=1S/C14H13Br2N3O/c15-11-6-12(16)14(18-8-11)19-9-13(20)17-7-10-4-2-1-3-5-10/h1-6,8H,7,9H2,(H,17,20)(H,18,19). The van der Waals surface area contributed by atoms with Crippen LogP contribution in [0.15, 0.2) is 51.5 Å². The number of carbonyl (C=O) groups excluding carboxylic acids is 1. The Balaban J connectivity index is 1.80. The average molecular weight is 399 g/mol. The molecule has 6 heteroatoms. The van der Waals surface area contributed by atoms with E-state index in [1.807, 2.05) is 36.4 Å². The summed E-state index contributed by atoms with van der Waals surface area (Å²) in [6.07, 6.45) is 1.68. The van der Waals surface area contributed by atoms with E-state index in [-0.39, 0.29) is 12.5 Å². The van der Waals surface area contributed by atoms with Gasteiger partial charge in [-0.2, -0.15) is 0 Å². The molecular weight excluding hydrogens is 386 g/mol. The van der Waals surface area contributed by atoms with Crippen LogP contribution in [-0.4, -0.2) is 17.4 Å². The van der Waals surface area contributed by atoms with Crippen molar-refractivity contribution in [3.8, 4) is 0 Å². The Labute approximate surface area is 134 Å². The lowest BCUT2D eigenvalue weighted by Crippen LogP contribution is -2.29. The zero-order valence-corrected chi connectivity index (χ0v) is 13.7. The Bertz CT molecular complexity index is 590. The lowest BCUT2D eigenvalue weighted by molar-refractivity contribution is -0.119. The third kappa shape index (κ3) is 4.61. The van der Waals surface area contributed by atoms with E-state index in [4.69, 9.17) is 0 Å². The summed E-state index contributed by atoms with van der Waals surface area (Å²) in [6.45, 7) is 0.705. The van der Waals surface area contributed by atoms with Gasteiger partial charge in [-0.05, 0) is 43.5 Å². The first-order valence-electron chi connectivity index (χ1n) is 6.00. The van der Waals surface area contributed by atoms with Crippen molar-refractivity contribution in [2.75, 3.05) is 11.9 Å². The van der Waals surface area contributed by atoms with Crippen LogP contribution in [0.25, 0.3) is 0 Å². The van der Waals surface area contributed by atoms with Crippen molar-refractivity contribution in [3.63, 3.8) is 0 Å². The van der Waals surface area contributed by atoms with Gasteiger partial charge in [-0.15, -0.1) is 0 Å². The summed E-state index contributed by atoms with van der Waals surface area (Å²) in [4.78, 5) is 15.9. The van der Waals surface area contributed by atoms with Gasteiger partial charge < -0.3 is 10.6 Å². The average Bonchev–Trinajstić information content (AvgIpc) is 2.45. The third-order valence-corrected chi connectivity index (χ3v) is 3.59. The molecule has 0 saturated carbocycles. The van der Waals surface area contributed by atoms with Gasteiger partial charge in [0, 0.05) is 17.2 Å². The molecule has 1 aromatic heterocycles. The molecule has 1 amide bonds. The molecule has 0 radical (unpaired) electrons. The highest BCUT2D eigenvalue weighted by atomic mass is 79.9. The number of aromatic nitrogens is 1. The summed E-state index contributed by atoms with van der Waals surface area (Å²) in [7, 11) is 0. The summed E-state index contributed by atoms with van der Waals surface area (Å²) in [6, 6.07) is 11.7. The zero-order chi connectivity index (χ0) is 14.4. The second-order valence-corrected chi connectivity index (χ2v) is 5.87. The first kappa shape index (κ1) is 15.0. The third-order valence-electron chi connectivity index (χ3n) is 2.56. The molecule has 0 aliphatic carbocycles. The maximum atomic E-state index is 11.7.